The van der Waals surface area contributed by atoms with Gasteiger partial charge in [-0.05, 0) is 6.42 Å². The van der Waals surface area contributed by atoms with E-state index in [4.69, 9.17) is 4.55 Å². The second-order valence-corrected chi connectivity index (χ2v) is 2.08. The van der Waals surface area contributed by atoms with Crippen molar-refractivity contribution in [2.45, 2.75) is 13.3 Å². The van der Waals surface area contributed by atoms with Crippen LogP contribution in [0, 0.1) is 0 Å². The molecule has 0 bridgehead atoms. The Kier molecular flexibility index (Phi) is 12.8. The van der Waals surface area contributed by atoms with E-state index in [0.717, 1.165) is 6.42 Å². The Morgan fingerprint density at radius 2 is 2.14 bits per heavy atom. The van der Waals surface area contributed by atoms with E-state index < -0.39 is 11.1 Å². The second-order valence-electron chi connectivity index (χ2n) is 1.03. The van der Waals surface area contributed by atoms with E-state index in [1.54, 1.807) is 0 Å². The Hall–Kier alpha value is 1.75. The molecule has 1 atom stereocenters. The van der Waals surface area contributed by atoms with Gasteiger partial charge >= 0.3 is 51.4 Å². The molecule has 1 N–H and O–H groups in total. The van der Waals surface area contributed by atoms with Crippen LogP contribution in [-0.2, 0) is 11.1 Å². The fraction of sp³-hybridized carbons (Fsp3) is 1.00. The van der Waals surface area contributed by atoms with Crippen molar-refractivity contribution in [2.75, 3.05) is 5.75 Å². The van der Waals surface area contributed by atoms with Gasteiger partial charge in [-0.25, -0.2) is 4.21 Å². The van der Waals surface area contributed by atoms with E-state index in [-0.39, 0.29) is 51.4 Å². The molecule has 0 saturated heterocycles. The Bertz CT molecular complexity index is 56.9. The van der Waals surface area contributed by atoms with Crippen LogP contribution in [0.2, 0.25) is 0 Å². The summed E-state index contributed by atoms with van der Waals surface area (Å²) in [5, 5.41) is 0. The number of rotatable bonds is 2. The summed E-state index contributed by atoms with van der Waals surface area (Å²) in [4.78, 5) is 0. The summed E-state index contributed by atoms with van der Waals surface area (Å²) in [5.41, 5.74) is 0. The van der Waals surface area contributed by atoms with Crippen LogP contribution < -0.4 is 0 Å². The molecule has 0 aliphatic carbocycles. The van der Waals surface area contributed by atoms with Gasteiger partial charge in [0.15, 0.2) is 11.1 Å². The predicted octanol–water partition coefficient (Wildman–Crippen LogP) is -0.0304. The molecule has 0 heterocycles. The zero-order valence-corrected chi connectivity index (χ0v) is 4.49. The van der Waals surface area contributed by atoms with Crippen LogP contribution in [0.4, 0.5) is 0 Å². The molecule has 0 aromatic carbocycles. The van der Waals surface area contributed by atoms with Gasteiger partial charge in [0.1, 0.15) is 0 Å². The minimum atomic E-state index is -1.57. The number of hydrogen-bond acceptors (Lipinski definition) is 1. The summed E-state index contributed by atoms with van der Waals surface area (Å²) in [6.45, 7) is 1.87. The Labute approximate surface area is 88.8 Å². The van der Waals surface area contributed by atoms with E-state index in [9.17, 15) is 4.21 Å². The first-order valence-electron chi connectivity index (χ1n) is 1.85. The van der Waals surface area contributed by atoms with Gasteiger partial charge in [-0.2, -0.15) is 0 Å². The van der Waals surface area contributed by atoms with Crippen molar-refractivity contribution in [1.82, 2.24) is 0 Å². The van der Waals surface area contributed by atoms with Crippen LogP contribution in [0.25, 0.3) is 0 Å². The summed E-state index contributed by atoms with van der Waals surface area (Å²) >= 11 is -1.57. The molecular weight excluding hydrogens is 139 g/mol. The van der Waals surface area contributed by atoms with Crippen molar-refractivity contribution in [2.24, 2.45) is 0 Å². The average Bonchev–Trinajstić information content (AvgIpc) is 1.35. The van der Waals surface area contributed by atoms with Crippen molar-refractivity contribution in [3.8, 4) is 0 Å². The van der Waals surface area contributed by atoms with Crippen LogP contribution in [0.5, 0.6) is 0 Å². The Morgan fingerprint density at radius 1 is 1.71 bits per heavy atom. The molecule has 0 aromatic heterocycles. The third-order valence-electron chi connectivity index (χ3n) is 0.379. The van der Waals surface area contributed by atoms with Crippen molar-refractivity contribution in [1.29, 1.82) is 0 Å². The Balaban J connectivity index is 0. The molecule has 2 nitrogen and oxygen atoms in total. The summed E-state index contributed by atoms with van der Waals surface area (Å²) in [7, 11) is 0. The molecule has 0 radical (unpaired) electrons. The van der Waals surface area contributed by atoms with Crippen LogP contribution in [0.15, 0.2) is 0 Å². The molecule has 1 unspecified atom stereocenters. The molecule has 0 aromatic rings. The molecule has 0 saturated carbocycles. The van der Waals surface area contributed by atoms with Crippen molar-refractivity contribution >= 4 is 62.5 Å². The van der Waals surface area contributed by atoms with Gasteiger partial charge in [-0.1, -0.05) is 6.92 Å². The number of hydrogen-bond donors (Lipinski definition) is 1. The monoisotopic (exact) mass is 148 g/mol. The van der Waals surface area contributed by atoms with Gasteiger partial charge in [0.2, 0.25) is 0 Å². The third kappa shape index (κ3) is 11.4. The fourth-order valence-corrected chi connectivity index (χ4v) is 0.524. The molecule has 0 aliphatic heterocycles. The maximum atomic E-state index is 9.71. The van der Waals surface area contributed by atoms with Crippen LogP contribution in [0.1, 0.15) is 13.3 Å². The summed E-state index contributed by atoms with van der Waals surface area (Å²) in [6.07, 6.45) is 0.781. The molecule has 0 aliphatic rings. The molecule has 0 fully saturated rings. The van der Waals surface area contributed by atoms with Gasteiger partial charge in [0.25, 0.3) is 0 Å². The fourth-order valence-electron chi connectivity index (χ4n) is 0.175. The van der Waals surface area contributed by atoms with Gasteiger partial charge in [0, 0.05) is 5.75 Å². The van der Waals surface area contributed by atoms with Crippen LogP contribution in [-0.4, -0.2) is 65.9 Å². The molecule has 0 amide bonds. The first-order valence-corrected chi connectivity index (χ1v) is 3.12. The summed E-state index contributed by atoms with van der Waals surface area (Å²) < 4.78 is 17.7. The van der Waals surface area contributed by atoms with Crippen LogP contribution in [0.3, 0.4) is 0 Å². The van der Waals surface area contributed by atoms with Gasteiger partial charge < -0.3 is 4.55 Å². The zero-order chi connectivity index (χ0) is 4.99. The minimum absolute atomic E-state index is 0. The first-order chi connectivity index (χ1) is 2.77. The predicted molar refractivity (Wildman–Crippen MR) is 33.1 cm³/mol. The van der Waals surface area contributed by atoms with Gasteiger partial charge in [0.05, 0.1) is 0 Å². The van der Waals surface area contributed by atoms with E-state index in [2.05, 4.69) is 0 Å². The molecular formula is C3H9KO2S. The molecule has 40 valence electrons. The SMILES string of the molecule is CCCS(=O)O.[KH]. The molecule has 0 spiro atoms. The zero-order valence-electron chi connectivity index (χ0n) is 3.68. The Morgan fingerprint density at radius 3 is 2.14 bits per heavy atom. The molecule has 4 heteroatoms. The molecule has 0 rings (SSSR count). The van der Waals surface area contributed by atoms with Gasteiger partial charge in [-0.3, -0.25) is 0 Å². The van der Waals surface area contributed by atoms with Gasteiger partial charge in [-0.15, -0.1) is 0 Å². The topological polar surface area (TPSA) is 37.3 Å². The van der Waals surface area contributed by atoms with E-state index in [0.29, 0.717) is 5.75 Å². The average molecular weight is 148 g/mol. The maximum absolute atomic E-state index is 9.71. The van der Waals surface area contributed by atoms with Crippen LogP contribution >= 0.6 is 0 Å². The molecule has 7 heavy (non-hydrogen) atoms. The van der Waals surface area contributed by atoms with Crippen molar-refractivity contribution in [3.63, 3.8) is 0 Å². The van der Waals surface area contributed by atoms with Crippen molar-refractivity contribution in [3.05, 3.63) is 0 Å². The first kappa shape index (κ1) is 11.5. The quantitative estimate of drug-likeness (QED) is 0.441. The van der Waals surface area contributed by atoms with E-state index in [1.165, 1.54) is 0 Å². The summed E-state index contributed by atoms with van der Waals surface area (Å²) in [5.74, 6) is 0.403. The van der Waals surface area contributed by atoms with Crippen molar-refractivity contribution < 1.29 is 8.76 Å². The third-order valence-corrected chi connectivity index (χ3v) is 1.14. The normalized spacial score (nSPS) is 12.3. The second kappa shape index (κ2) is 7.75. The van der Waals surface area contributed by atoms with E-state index in [1.807, 2.05) is 6.92 Å². The summed E-state index contributed by atoms with van der Waals surface area (Å²) in [6, 6.07) is 0. The van der Waals surface area contributed by atoms with E-state index >= 15 is 0 Å². The standard InChI is InChI=1S/C3H8O2S.K.H/c1-2-3-6(4)5;;/h2-3H2,1H3,(H,4,5);;.